The number of nitrogens with two attached hydrogens (primary N) is 1. The lowest BCUT2D eigenvalue weighted by Crippen LogP contribution is -2.07. The summed E-state index contributed by atoms with van der Waals surface area (Å²) in [5, 5.41) is 6.61. The molecule has 0 bridgehead atoms. The molecule has 19 heavy (non-hydrogen) atoms. The maximum atomic E-state index is 6.07. The zero-order valence-corrected chi connectivity index (χ0v) is 12.2. The van der Waals surface area contributed by atoms with Crippen molar-refractivity contribution in [1.29, 1.82) is 0 Å². The predicted octanol–water partition coefficient (Wildman–Crippen LogP) is 2.33. The zero-order chi connectivity index (χ0) is 13.6. The van der Waals surface area contributed by atoms with Gasteiger partial charge in [0, 0.05) is 11.9 Å². The van der Waals surface area contributed by atoms with E-state index in [1.165, 1.54) is 10.4 Å². The van der Waals surface area contributed by atoms with Gasteiger partial charge in [-0.2, -0.15) is 5.10 Å². The Labute approximate surface area is 115 Å². The lowest BCUT2D eigenvalue weighted by molar-refractivity contribution is 0.721. The van der Waals surface area contributed by atoms with Crippen LogP contribution < -0.4 is 5.73 Å². The Hall–Kier alpha value is -1.82. The van der Waals surface area contributed by atoms with E-state index in [4.69, 9.17) is 5.73 Å². The third-order valence-corrected chi connectivity index (χ3v) is 4.43. The van der Waals surface area contributed by atoms with Gasteiger partial charge in [-0.1, -0.05) is 6.92 Å². The van der Waals surface area contributed by atoms with Crippen molar-refractivity contribution in [3.8, 4) is 0 Å². The second kappa shape index (κ2) is 4.38. The Balaban J connectivity index is 2.15. The summed E-state index contributed by atoms with van der Waals surface area (Å²) in [7, 11) is 1.94. The SMILES string of the molecule is CCc1nn(C)c2c1nc(N)n2Cc1sccc1C. The average molecular weight is 275 g/mol. The van der Waals surface area contributed by atoms with Crippen molar-refractivity contribution >= 4 is 28.4 Å². The Bertz CT molecular complexity index is 734. The van der Waals surface area contributed by atoms with E-state index in [0.29, 0.717) is 5.95 Å². The number of hydrogen-bond acceptors (Lipinski definition) is 4. The maximum absolute atomic E-state index is 6.07. The van der Waals surface area contributed by atoms with Gasteiger partial charge in [0.05, 0.1) is 12.2 Å². The van der Waals surface area contributed by atoms with E-state index in [2.05, 4.69) is 35.4 Å². The van der Waals surface area contributed by atoms with E-state index >= 15 is 0 Å². The van der Waals surface area contributed by atoms with Gasteiger partial charge in [0.15, 0.2) is 5.65 Å². The molecule has 0 atom stereocenters. The van der Waals surface area contributed by atoms with Crippen molar-refractivity contribution < 1.29 is 0 Å². The summed E-state index contributed by atoms with van der Waals surface area (Å²) in [5.74, 6) is 0.561. The molecule has 0 aliphatic rings. The molecule has 3 aromatic heterocycles. The van der Waals surface area contributed by atoms with Crippen LogP contribution in [0.15, 0.2) is 11.4 Å². The molecule has 0 saturated heterocycles. The van der Waals surface area contributed by atoms with Crippen molar-refractivity contribution in [2.75, 3.05) is 5.73 Å². The minimum absolute atomic E-state index is 0.561. The molecule has 0 radical (unpaired) electrons. The maximum Gasteiger partial charge on any atom is 0.202 e. The van der Waals surface area contributed by atoms with Crippen molar-refractivity contribution in [2.45, 2.75) is 26.8 Å². The van der Waals surface area contributed by atoms with Crippen LogP contribution in [0.25, 0.3) is 11.2 Å². The molecule has 0 unspecified atom stereocenters. The van der Waals surface area contributed by atoms with Crippen LogP contribution in [-0.2, 0) is 20.0 Å². The van der Waals surface area contributed by atoms with Crippen LogP contribution in [0.3, 0.4) is 0 Å². The third kappa shape index (κ3) is 1.83. The zero-order valence-electron chi connectivity index (χ0n) is 11.3. The second-order valence-corrected chi connectivity index (χ2v) is 5.68. The summed E-state index contributed by atoms with van der Waals surface area (Å²) in [6.45, 7) is 4.96. The highest BCUT2D eigenvalue weighted by Crippen LogP contribution is 2.25. The molecule has 0 aliphatic carbocycles. The molecule has 0 spiro atoms. The van der Waals surface area contributed by atoms with Crippen LogP contribution in [-0.4, -0.2) is 19.3 Å². The van der Waals surface area contributed by atoms with E-state index in [1.807, 2.05) is 16.3 Å². The van der Waals surface area contributed by atoms with Gasteiger partial charge in [0.2, 0.25) is 5.95 Å². The minimum Gasteiger partial charge on any atom is -0.369 e. The van der Waals surface area contributed by atoms with Gasteiger partial charge in [0.25, 0.3) is 0 Å². The van der Waals surface area contributed by atoms with Crippen LogP contribution in [0.2, 0.25) is 0 Å². The normalized spacial score (nSPS) is 11.5. The summed E-state index contributed by atoms with van der Waals surface area (Å²) in [4.78, 5) is 5.79. The number of imidazole rings is 1. The molecule has 0 aromatic carbocycles. The van der Waals surface area contributed by atoms with Gasteiger partial charge in [-0.25, -0.2) is 4.98 Å². The van der Waals surface area contributed by atoms with Gasteiger partial charge < -0.3 is 5.73 Å². The summed E-state index contributed by atoms with van der Waals surface area (Å²) < 4.78 is 3.92. The predicted molar refractivity (Wildman–Crippen MR) is 78.4 cm³/mol. The largest absolute Gasteiger partial charge is 0.369 e. The molecule has 3 aromatic rings. The Morgan fingerprint density at radius 2 is 2.21 bits per heavy atom. The highest BCUT2D eigenvalue weighted by Gasteiger charge is 2.17. The summed E-state index contributed by atoms with van der Waals surface area (Å²) >= 11 is 1.75. The molecular weight excluding hydrogens is 258 g/mol. The molecule has 6 heteroatoms. The smallest absolute Gasteiger partial charge is 0.202 e. The van der Waals surface area contributed by atoms with Crippen LogP contribution in [0.5, 0.6) is 0 Å². The number of aromatic nitrogens is 4. The fourth-order valence-electron chi connectivity index (χ4n) is 2.36. The molecule has 3 rings (SSSR count). The van der Waals surface area contributed by atoms with Gasteiger partial charge in [-0.05, 0) is 30.4 Å². The lowest BCUT2D eigenvalue weighted by Gasteiger charge is -2.06. The van der Waals surface area contributed by atoms with E-state index in [-0.39, 0.29) is 0 Å². The van der Waals surface area contributed by atoms with Crippen molar-refractivity contribution in [3.05, 3.63) is 27.6 Å². The first-order valence-electron chi connectivity index (χ1n) is 6.32. The number of thiophene rings is 1. The monoisotopic (exact) mass is 275 g/mol. The number of hydrogen-bond donors (Lipinski definition) is 1. The molecule has 0 saturated carbocycles. The van der Waals surface area contributed by atoms with E-state index < -0.39 is 0 Å². The van der Waals surface area contributed by atoms with Crippen molar-refractivity contribution in [3.63, 3.8) is 0 Å². The standard InChI is InChI=1S/C13H17N5S/c1-4-9-11-12(17(3)16-9)18(13(14)15-11)7-10-8(2)5-6-19-10/h5-6H,4,7H2,1-3H3,(H2,14,15). The van der Waals surface area contributed by atoms with Crippen molar-refractivity contribution in [1.82, 2.24) is 19.3 Å². The summed E-state index contributed by atoms with van der Waals surface area (Å²) in [5.41, 5.74) is 10.3. The van der Waals surface area contributed by atoms with Gasteiger partial charge >= 0.3 is 0 Å². The van der Waals surface area contributed by atoms with Gasteiger partial charge in [-0.3, -0.25) is 9.25 Å². The molecule has 2 N–H and O–H groups in total. The minimum atomic E-state index is 0.561. The number of nitrogens with zero attached hydrogens (tertiary/aromatic N) is 4. The second-order valence-electron chi connectivity index (χ2n) is 4.68. The molecule has 5 nitrogen and oxygen atoms in total. The van der Waals surface area contributed by atoms with Crippen LogP contribution in [0, 0.1) is 6.92 Å². The molecule has 0 amide bonds. The van der Waals surface area contributed by atoms with E-state index in [1.54, 1.807) is 11.3 Å². The molecular formula is C13H17N5S. The van der Waals surface area contributed by atoms with Crippen LogP contribution >= 0.6 is 11.3 Å². The molecule has 0 fully saturated rings. The van der Waals surface area contributed by atoms with Gasteiger partial charge in [-0.15, -0.1) is 11.3 Å². The first-order valence-corrected chi connectivity index (χ1v) is 7.20. The number of anilines is 1. The fourth-order valence-corrected chi connectivity index (χ4v) is 3.26. The number of aryl methyl sites for hydroxylation is 3. The van der Waals surface area contributed by atoms with Gasteiger partial charge in [0.1, 0.15) is 5.52 Å². The lowest BCUT2D eigenvalue weighted by atomic mass is 10.3. The highest BCUT2D eigenvalue weighted by molar-refractivity contribution is 7.10. The Morgan fingerprint density at radius 3 is 2.84 bits per heavy atom. The molecule has 100 valence electrons. The van der Waals surface area contributed by atoms with Crippen molar-refractivity contribution in [2.24, 2.45) is 7.05 Å². The van der Waals surface area contributed by atoms with E-state index in [0.717, 1.165) is 29.8 Å². The number of rotatable bonds is 3. The number of nitrogen functional groups attached to an aromatic ring is 1. The third-order valence-electron chi connectivity index (χ3n) is 3.43. The molecule has 3 heterocycles. The first-order chi connectivity index (χ1) is 9.11. The topological polar surface area (TPSA) is 61.7 Å². The quantitative estimate of drug-likeness (QED) is 0.798. The van der Waals surface area contributed by atoms with Crippen LogP contribution in [0.4, 0.5) is 5.95 Å². The Morgan fingerprint density at radius 1 is 1.42 bits per heavy atom. The Kier molecular flexibility index (Phi) is 2.82. The first kappa shape index (κ1) is 12.2. The molecule has 0 aliphatic heterocycles. The average Bonchev–Trinajstić information content (AvgIpc) is 3.00. The summed E-state index contributed by atoms with van der Waals surface area (Å²) in [6.07, 6.45) is 0.867. The fraction of sp³-hybridized carbons (Fsp3) is 0.385. The summed E-state index contributed by atoms with van der Waals surface area (Å²) in [6, 6.07) is 2.13. The number of fused-ring (bicyclic) bond motifs is 1. The van der Waals surface area contributed by atoms with E-state index in [9.17, 15) is 0 Å². The van der Waals surface area contributed by atoms with Crippen LogP contribution in [0.1, 0.15) is 23.1 Å². The highest BCUT2D eigenvalue weighted by atomic mass is 32.1.